The lowest BCUT2D eigenvalue weighted by atomic mass is 10.2. The number of nitrogens with zero attached hydrogens (tertiary/aromatic N) is 4. The Balaban J connectivity index is 1.83. The van der Waals surface area contributed by atoms with Crippen LogP contribution in [-0.4, -0.2) is 42.2 Å². The Labute approximate surface area is 136 Å². The minimum Gasteiger partial charge on any atom is -0.294 e. The molecule has 2 aliphatic rings. The summed E-state index contributed by atoms with van der Waals surface area (Å²) in [5.74, 6) is 0. The Bertz CT molecular complexity index is 830. The molecule has 1 saturated heterocycles. The number of hydrogen-bond donors (Lipinski definition) is 0. The van der Waals surface area contributed by atoms with Crippen LogP contribution in [0.2, 0.25) is 0 Å². The molecule has 1 unspecified atom stereocenters. The Morgan fingerprint density at radius 3 is 2.87 bits per heavy atom. The first-order valence-corrected chi connectivity index (χ1v) is 9.33. The van der Waals surface area contributed by atoms with E-state index >= 15 is 0 Å². The van der Waals surface area contributed by atoms with Gasteiger partial charge in [-0.05, 0) is 31.0 Å². The van der Waals surface area contributed by atoms with Gasteiger partial charge in [-0.2, -0.15) is 5.10 Å². The van der Waals surface area contributed by atoms with E-state index in [2.05, 4.69) is 10.00 Å². The van der Waals surface area contributed by atoms with Crippen molar-refractivity contribution in [3.8, 4) is 0 Å². The van der Waals surface area contributed by atoms with Gasteiger partial charge < -0.3 is 0 Å². The lowest BCUT2D eigenvalue weighted by Crippen LogP contribution is -2.40. The second kappa shape index (κ2) is 5.35. The molecule has 0 radical (unpaired) electrons. The molecule has 0 aliphatic carbocycles. The van der Waals surface area contributed by atoms with Gasteiger partial charge in [-0.1, -0.05) is 18.2 Å². The van der Waals surface area contributed by atoms with Gasteiger partial charge in [0, 0.05) is 32.4 Å². The molecule has 3 heterocycles. The summed E-state index contributed by atoms with van der Waals surface area (Å²) in [6, 6.07) is 8.10. The third-order valence-electron chi connectivity index (χ3n) is 4.78. The highest BCUT2D eigenvalue weighted by atomic mass is 32.2. The van der Waals surface area contributed by atoms with E-state index in [1.165, 1.54) is 10.9 Å². The number of fused-ring (bicyclic) bond motifs is 2. The summed E-state index contributed by atoms with van der Waals surface area (Å²) in [5, 5.41) is 4.02. The molecule has 1 aromatic heterocycles. The largest absolute Gasteiger partial charge is 0.294 e. The Kier molecular flexibility index (Phi) is 3.42. The highest BCUT2D eigenvalue weighted by Gasteiger charge is 2.36. The topological polar surface area (TPSA) is 58.4 Å². The first-order valence-electron chi connectivity index (χ1n) is 7.89. The molecule has 0 amide bonds. The summed E-state index contributed by atoms with van der Waals surface area (Å²) in [4.78, 5) is 2.65. The molecule has 1 aromatic carbocycles. The normalized spacial score (nSPS) is 21.8. The molecule has 0 saturated carbocycles. The minimum absolute atomic E-state index is 0.251. The molecule has 6 nitrogen and oxygen atoms in total. The Morgan fingerprint density at radius 2 is 2.09 bits per heavy atom. The Morgan fingerprint density at radius 1 is 1.26 bits per heavy atom. The average Bonchev–Trinajstić information content (AvgIpc) is 3.12. The van der Waals surface area contributed by atoms with E-state index < -0.39 is 10.0 Å². The van der Waals surface area contributed by atoms with E-state index in [0.717, 1.165) is 37.2 Å². The first-order chi connectivity index (χ1) is 11.1. The molecule has 0 N–H and O–H groups in total. The molecule has 4 rings (SSSR count). The number of sulfonamides is 1. The number of rotatable bonds is 2. The smallest absolute Gasteiger partial charge is 0.267 e. The van der Waals surface area contributed by atoms with Gasteiger partial charge in [0.15, 0.2) is 0 Å². The van der Waals surface area contributed by atoms with Crippen molar-refractivity contribution in [3.05, 3.63) is 42.2 Å². The van der Waals surface area contributed by atoms with Gasteiger partial charge in [0.25, 0.3) is 10.0 Å². The number of para-hydroxylation sites is 1. The molecule has 2 aromatic rings. The van der Waals surface area contributed by atoms with Gasteiger partial charge in [-0.15, -0.1) is 0 Å². The van der Waals surface area contributed by atoms with Crippen molar-refractivity contribution in [2.75, 3.05) is 17.4 Å². The van der Waals surface area contributed by atoms with Crippen LogP contribution < -0.4 is 4.31 Å². The predicted octanol–water partition coefficient (Wildman–Crippen LogP) is 1.59. The molecule has 2 aliphatic heterocycles. The van der Waals surface area contributed by atoms with E-state index in [-0.39, 0.29) is 10.9 Å². The highest BCUT2D eigenvalue weighted by molar-refractivity contribution is 7.92. The molecular weight excluding hydrogens is 312 g/mol. The SMILES string of the molecule is Cn1cc(S(=O)(=O)N2CC3CCCN3Cc3ccccc32)cn1. The van der Waals surface area contributed by atoms with Crippen LogP contribution in [0.3, 0.4) is 0 Å². The van der Waals surface area contributed by atoms with E-state index in [1.807, 2.05) is 24.3 Å². The van der Waals surface area contributed by atoms with Crippen molar-refractivity contribution in [1.82, 2.24) is 14.7 Å². The van der Waals surface area contributed by atoms with Crippen LogP contribution in [0.1, 0.15) is 18.4 Å². The van der Waals surface area contributed by atoms with Crippen LogP contribution in [0.5, 0.6) is 0 Å². The molecule has 0 spiro atoms. The van der Waals surface area contributed by atoms with E-state index in [1.54, 1.807) is 17.5 Å². The quantitative estimate of drug-likeness (QED) is 0.838. The predicted molar refractivity (Wildman–Crippen MR) is 87.6 cm³/mol. The summed E-state index contributed by atoms with van der Waals surface area (Å²) in [6.07, 6.45) is 5.17. The number of benzene rings is 1. The standard InChI is InChI=1S/C16H20N4O2S/c1-18-12-15(9-17-18)23(21,22)20-11-14-6-4-8-19(14)10-13-5-2-3-7-16(13)20/h2-3,5,7,9,12,14H,4,6,8,10-11H2,1H3. The van der Waals surface area contributed by atoms with Crippen molar-refractivity contribution < 1.29 is 8.42 Å². The molecule has 122 valence electrons. The third kappa shape index (κ3) is 2.44. The molecule has 7 heteroatoms. The van der Waals surface area contributed by atoms with Crippen LogP contribution in [0.15, 0.2) is 41.6 Å². The number of aryl methyl sites for hydroxylation is 1. The van der Waals surface area contributed by atoms with Crippen molar-refractivity contribution in [2.24, 2.45) is 7.05 Å². The van der Waals surface area contributed by atoms with Gasteiger partial charge >= 0.3 is 0 Å². The first kappa shape index (κ1) is 14.7. The monoisotopic (exact) mass is 332 g/mol. The molecule has 1 fully saturated rings. The second-order valence-corrected chi connectivity index (χ2v) is 8.14. The molecule has 23 heavy (non-hydrogen) atoms. The molecule has 0 bridgehead atoms. The number of aromatic nitrogens is 2. The number of anilines is 1. The van der Waals surface area contributed by atoms with Gasteiger partial charge in [0.2, 0.25) is 0 Å². The summed E-state index contributed by atoms with van der Waals surface area (Å²) in [6.45, 7) is 2.37. The zero-order valence-electron chi connectivity index (χ0n) is 13.1. The zero-order chi connectivity index (χ0) is 16.0. The van der Waals surface area contributed by atoms with Crippen LogP contribution in [0.4, 0.5) is 5.69 Å². The van der Waals surface area contributed by atoms with Crippen molar-refractivity contribution in [2.45, 2.75) is 30.3 Å². The molecular formula is C16H20N4O2S. The van der Waals surface area contributed by atoms with E-state index in [4.69, 9.17) is 0 Å². The van der Waals surface area contributed by atoms with Crippen LogP contribution in [0.25, 0.3) is 0 Å². The fourth-order valence-corrected chi connectivity index (χ4v) is 5.12. The maximum Gasteiger partial charge on any atom is 0.267 e. The molecule has 1 atom stereocenters. The van der Waals surface area contributed by atoms with Gasteiger partial charge in [0.05, 0.1) is 11.9 Å². The van der Waals surface area contributed by atoms with Gasteiger partial charge in [-0.25, -0.2) is 8.42 Å². The maximum atomic E-state index is 13.2. The van der Waals surface area contributed by atoms with E-state index in [0.29, 0.717) is 6.54 Å². The summed E-state index contributed by atoms with van der Waals surface area (Å²) < 4.78 is 29.4. The van der Waals surface area contributed by atoms with Gasteiger partial charge in [-0.3, -0.25) is 13.9 Å². The lowest BCUT2D eigenvalue weighted by molar-refractivity contribution is 0.257. The van der Waals surface area contributed by atoms with Crippen LogP contribution in [0, 0.1) is 0 Å². The fraction of sp³-hybridized carbons (Fsp3) is 0.438. The number of hydrogen-bond acceptors (Lipinski definition) is 4. The van der Waals surface area contributed by atoms with E-state index in [9.17, 15) is 8.42 Å². The third-order valence-corrected chi connectivity index (χ3v) is 6.51. The summed E-state index contributed by atoms with van der Waals surface area (Å²) >= 11 is 0. The zero-order valence-corrected chi connectivity index (χ0v) is 13.9. The lowest BCUT2D eigenvalue weighted by Gasteiger charge is -2.27. The highest BCUT2D eigenvalue weighted by Crippen LogP contribution is 2.34. The summed E-state index contributed by atoms with van der Waals surface area (Å²) in [5.41, 5.74) is 1.87. The van der Waals surface area contributed by atoms with Crippen LogP contribution in [-0.2, 0) is 23.6 Å². The minimum atomic E-state index is -3.59. The van der Waals surface area contributed by atoms with Crippen molar-refractivity contribution in [3.63, 3.8) is 0 Å². The Hall–Kier alpha value is -1.86. The maximum absolute atomic E-state index is 13.2. The second-order valence-electron chi connectivity index (χ2n) is 6.28. The average molecular weight is 332 g/mol. The van der Waals surface area contributed by atoms with Crippen LogP contribution >= 0.6 is 0 Å². The van der Waals surface area contributed by atoms with Gasteiger partial charge in [0.1, 0.15) is 4.90 Å². The summed E-state index contributed by atoms with van der Waals surface area (Å²) in [7, 11) is -1.86. The fourth-order valence-electron chi connectivity index (χ4n) is 3.59. The van der Waals surface area contributed by atoms with Crippen molar-refractivity contribution in [1.29, 1.82) is 0 Å². The van der Waals surface area contributed by atoms with Crippen molar-refractivity contribution >= 4 is 15.7 Å².